The quantitative estimate of drug-likeness (QED) is 0.522. The highest BCUT2D eigenvalue weighted by atomic mass is 19.1. The van der Waals surface area contributed by atoms with Gasteiger partial charge in [-0.05, 0) is 80.1 Å². The third-order valence-corrected chi connectivity index (χ3v) is 6.79. The van der Waals surface area contributed by atoms with E-state index in [0.717, 1.165) is 48.9 Å². The first-order valence-electron chi connectivity index (χ1n) is 10.8. The molecule has 4 aromatic rings. The van der Waals surface area contributed by atoms with Crippen LogP contribution in [-0.4, -0.2) is 26.8 Å². The molecule has 2 aromatic carbocycles. The molecule has 2 fully saturated rings. The summed E-state index contributed by atoms with van der Waals surface area (Å²) in [6.07, 6.45) is 5.60. The van der Waals surface area contributed by atoms with Crippen molar-refractivity contribution in [1.29, 1.82) is 0 Å². The third kappa shape index (κ3) is 2.98. The molecule has 1 aliphatic carbocycles. The van der Waals surface area contributed by atoms with Crippen molar-refractivity contribution in [2.45, 2.75) is 51.1 Å². The second-order valence-corrected chi connectivity index (χ2v) is 9.04. The summed E-state index contributed by atoms with van der Waals surface area (Å²) < 4.78 is 22.4. The Kier molecular flexibility index (Phi) is 3.90. The number of nitrogens with zero attached hydrogens (tertiary/aromatic N) is 3. The number of benzene rings is 2. The van der Waals surface area contributed by atoms with Crippen LogP contribution in [0.3, 0.4) is 0 Å². The molecular formula is C24H23FN4O2. The zero-order chi connectivity index (χ0) is 21.3. The summed E-state index contributed by atoms with van der Waals surface area (Å²) in [5.41, 5.74) is 3.75. The van der Waals surface area contributed by atoms with E-state index >= 15 is 4.39 Å². The number of hydrogen-bond acceptors (Lipinski definition) is 5. The molecule has 3 heterocycles. The van der Waals surface area contributed by atoms with E-state index in [9.17, 15) is 4.79 Å². The monoisotopic (exact) mass is 418 g/mol. The van der Waals surface area contributed by atoms with Crippen LogP contribution >= 0.6 is 0 Å². The number of aryl methyl sites for hydroxylation is 2. The minimum Gasteiger partial charge on any atom is -0.441 e. The molecule has 0 bridgehead atoms. The molecule has 1 aliphatic heterocycles. The maximum atomic E-state index is 15.2. The van der Waals surface area contributed by atoms with Gasteiger partial charge in [-0.15, -0.1) is 0 Å². The van der Waals surface area contributed by atoms with Crippen molar-refractivity contribution in [3.05, 3.63) is 58.1 Å². The van der Waals surface area contributed by atoms with Gasteiger partial charge in [-0.1, -0.05) is 0 Å². The Bertz CT molecular complexity index is 1420. The van der Waals surface area contributed by atoms with Crippen molar-refractivity contribution < 1.29 is 8.81 Å². The van der Waals surface area contributed by atoms with E-state index in [1.54, 1.807) is 13.1 Å². The number of hydrogen-bond donors (Lipinski definition) is 1. The van der Waals surface area contributed by atoms with Crippen LogP contribution in [0.2, 0.25) is 0 Å². The molecule has 6 rings (SSSR count). The second-order valence-electron chi connectivity index (χ2n) is 9.04. The molecule has 1 N–H and O–H groups in total. The Hall–Kier alpha value is -3.06. The molecule has 1 unspecified atom stereocenters. The molecular weight excluding hydrogens is 395 g/mol. The molecule has 7 heteroatoms. The molecule has 2 aromatic heterocycles. The van der Waals surface area contributed by atoms with Gasteiger partial charge in [0.2, 0.25) is 0 Å². The Morgan fingerprint density at radius 2 is 2.00 bits per heavy atom. The minimum atomic E-state index is -0.518. The minimum absolute atomic E-state index is 0.0134. The van der Waals surface area contributed by atoms with E-state index in [-0.39, 0.29) is 22.5 Å². The summed E-state index contributed by atoms with van der Waals surface area (Å²) in [7, 11) is 0. The summed E-state index contributed by atoms with van der Waals surface area (Å²) in [6, 6.07) is 7.10. The fourth-order valence-electron chi connectivity index (χ4n) is 5.02. The smallest absolute Gasteiger partial charge is 0.277 e. The average Bonchev–Trinajstić information content (AvgIpc) is 3.35. The largest absolute Gasteiger partial charge is 0.441 e. The van der Waals surface area contributed by atoms with Gasteiger partial charge >= 0.3 is 0 Å². The lowest BCUT2D eigenvalue weighted by Gasteiger charge is -2.30. The van der Waals surface area contributed by atoms with Crippen LogP contribution in [0.1, 0.15) is 43.2 Å². The van der Waals surface area contributed by atoms with Crippen LogP contribution in [0.5, 0.6) is 0 Å². The fraction of sp³-hybridized carbons (Fsp3) is 0.375. The topological polar surface area (TPSA) is 73.0 Å². The summed E-state index contributed by atoms with van der Waals surface area (Å²) in [5.74, 6) is 0.0748. The van der Waals surface area contributed by atoms with Gasteiger partial charge in [0.05, 0.1) is 17.6 Å². The highest BCUT2D eigenvalue weighted by molar-refractivity contribution is 5.89. The van der Waals surface area contributed by atoms with Crippen LogP contribution in [-0.2, 0) is 0 Å². The Balaban J connectivity index is 1.45. The number of aromatic nitrogens is 3. The lowest BCUT2D eigenvalue weighted by Crippen LogP contribution is -2.43. The van der Waals surface area contributed by atoms with E-state index in [2.05, 4.69) is 15.4 Å². The SMILES string of the molecule is Cc1nc2c(C)cc(-c3cc(F)c4c(=O)n(C5CCNC6(CC6)C5)ncc4c3)cc2o1. The molecule has 31 heavy (non-hydrogen) atoms. The van der Waals surface area contributed by atoms with Crippen LogP contribution in [0.15, 0.2) is 39.7 Å². The van der Waals surface area contributed by atoms with E-state index in [4.69, 9.17) is 4.42 Å². The maximum absolute atomic E-state index is 15.2. The summed E-state index contributed by atoms with van der Waals surface area (Å²) in [4.78, 5) is 17.6. The van der Waals surface area contributed by atoms with Gasteiger partial charge in [0, 0.05) is 17.8 Å². The van der Waals surface area contributed by atoms with Crippen molar-refractivity contribution >= 4 is 21.9 Å². The van der Waals surface area contributed by atoms with Gasteiger partial charge < -0.3 is 9.73 Å². The predicted molar refractivity (Wildman–Crippen MR) is 117 cm³/mol. The molecule has 6 nitrogen and oxygen atoms in total. The highest BCUT2D eigenvalue weighted by Gasteiger charge is 2.46. The highest BCUT2D eigenvalue weighted by Crippen LogP contribution is 2.45. The average molecular weight is 418 g/mol. The van der Waals surface area contributed by atoms with Crippen molar-refractivity contribution in [3.63, 3.8) is 0 Å². The van der Waals surface area contributed by atoms with E-state index < -0.39 is 5.82 Å². The Morgan fingerprint density at radius 1 is 1.19 bits per heavy atom. The summed E-state index contributed by atoms with van der Waals surface area (Å²) in [5, 5.41) is 8.62. The maximum Gasteiger partial charge on any atom is 0.277 e. The predicted octanol–water partition coefficient (Wildman–Crippen LogP) is 4.42. The molecule has 0 radical (unpaired) electrons. The molecule has 1 saturated carbocycles. The van der Waals surface area contributed by atoms with Crippen LogP contribution in [0.4, 0.5) is 4.39 Å². The standard InChI is InChI=1S/C24H23FN4O2/c1-13-7-15(10-20-22(13)28-14(2)31-20)16-8-17-12-27-29(23(30)21(17)19(25)9-16)18-3-6-26-24(11-18)4-5-24/h7-10,12,18,26H,3-6,11H2,1-2H3. The number of halogens is 1. The zero-order valence-corrected chi connectivity index (χ0v) is 17.5. The van der Waals surface area contributed by atoms with Gasteiger partial charge in [-0.25, -0.2) is 14.1 Å². The number of rotatable bonds is 2. The van der Waals surface area contributed by atoms with Gasteiger partial charge in [-0.3, -0.25) is 4.79 Å². The molecule has 1 spiro atoms. The van der Waals surface area contributed by atoms with E-state index in [0.29, 0.717) is 22.4 Å². The molecule has 158 valence electrons. The first kappa shape index (κ1) is 18.7. The van der Waals surface area contributed by atoms with E-state index in [1.165, 1.54) is 10.7 Å². The van der Waals surface area contributed by atoms with Crippen LogP contribution in [0, 0.1) is 19.7 Å². The molecule has 2 aliphatic rings. The second kappa shape index (κ2) is 6.47. The van der Waals surface area contributed by atoms with Crippen molar-refractivity contribution in [2.24, 2.45) is 0 Å². The molecule has 0 amide bonds. The fourth-order valence-corrected chi connectivity index (χ4v) is 5.02. The lowest BCUT2D eigenvalue weighted by atomic mass is 9.97. The Labute approximate surface area is 178 Å². The molecule has 1 atom stereocenters. The van der Waals surface area contributed by atoms with Crippen LogP contribution < -0.4 is 10.9 Å². The summed E-state index contributed by atoms with van der Waals surface area (Å²) >= 11 is 0. The van der Waals surface area contributed by atoms with E-state index in [1.807, 2.05) is 25.1 Å². The van der Waals surface area contributed by atoms with Crippen molar-refractivity contribution in [3.8, 4) is 11.1 Å². The number of fused-ring (bicyclic) bond motifs is 2. The van der Waals surface area contributed by atoms with Gasteiger partial charge in [0.15, 0.2) is 11.5 Å². The van der Waals surface area contributed by atoms with Crippen LogP contribution in [0.25, 0.3) is 33.0 Å². The van der Waals surface area contributed by atoms with Crippen molar-refractivity contribution in [1.82, 2.24) is 20.1 Å². The normalized spacial score (nSPS) is 20.0. The molecule has 1 saturated heterocycles. The lowest BCUT2D eigenvalue weighted by molar-refractivity contribution is 0.264. The van der Waals surface area contributed by atoms with Gasteiger partial charge in [0.1, 0.15) is 11.3 Å². The van der Waals surface area contributed by atoms with Gasteiger partial charge in [0.25, 0.3) is 5.56 Å². The first-order chi connectivity index (χ1) is 14.9. The third-order valence-electron chi connectivity index (χ3n) is 6.79. The number of oxazole rings is 1. The van der Waals surface area contributed by atoms with Crippen molar-refractivity contribution in [2.75, 3.05) is 6.54 Å². The first-order valence-corrected chi connectivity index (χ1v) is 10.8. The Morgan fingerprint density at radius 3 is 2.81 bits per heavy atom. The number of piperidine rings is 1. The zero-order valence-electron chi connectivity index (χ0n) is 17.5. The number of nitrogens with one attached hydrogen (secondary N) is 1. The van der Waals surface area contributed by atoms with Gasteiger partial charge in [-0.2, -0.15) is 5.10 Å². The summed E-state index contributed by atoms with van der Waals surface area (Å²) in [6.45, 7) is 4.62.